The fourth-order valence-corrected chi connectivity index (χ4v) is 4.53. The molecule has 2 aliphatic rings. The number of hydrogen-bond acceptors (Lipinski definition) is 11. The van der Waals surface area contributed by atoms with E-state index in [-0.39, 0.29) is 5.82 Å². The van der Waals surface area contributed by atoms with E-state index in [0.717, 1.165) is 0 Å². The Morgan fingerprint density at radius 3 is 2.55 bits per heavy atom. The zero-order valence-electron chi connectivity index (χ0n) is 18.8. The van der Waals surface area contributed by atoms with E-state index in [2.05, 4.69) is 19.7 Å². The van der Waals surface area contributed by atoms with E-state index >= 15 is 0 Å². The second kappa shape index (κ2) is 7.82. The summed E-state index contributed by atoms with van der Waals surface area (Å²) in [7, 11) is -4.31. The van der Waals surface area contributed by atoms with Crippen LogP contribution in [0.3, 0.4) is 0 Å². The number of hydrogen-bond donors (Lipinski definition) is 3. The molecule has 2 aliphatic heterocycles. The summed E-state index contributed by atoms with van der Waals surface area (Å²) in [4.78, 5) is 25.4. The van der Waals surface area contributed by atoms with Gasteiger partial charge in [0, 0.05) is 0 Å². The first kappa shape index (κ1) is 23.7. The van der Waals surface area contributed by atoms with Crippen molar-refractivity contribution in [2.45, 2.75) is 76.6 Å². The SMILES string of the molecule is CC(C)(C)OC(=O)C(NS(N)(=O)=O)[C@H]1O[C@@H](n2cnc3c(N)ncnc32)[C@@H]2OC(C)(C)O[C@@H]21. The molecule has 0 bridgehead atoms. The van der Waals surface area contributed by atoms with Gasteiger partial charge in [-0.3, -0.25) is 9.36 Å². The van der Waals surface area contributed by atoms with Crippen molar-refractivity contribution in [1.82, 2.24) is 24.2 Å². The van der Waals surface area contributed by atoms with E-state index in [1.54, 1.807) is 39.2 Å². The molecule has 0 radical (unpaired) electrons. The largest absolute Gasteiger partial charge is 0.459 e. The van der Waals surface area contributed by atoms with Crippen LogP contribution in [0.2, 0.25) is 0 Å². The molecule has 0 saturated carbocycles. The van der Waals surface area contributed by atoms with Crippen LogP contribution in [-0.4, -0.2) is 69.6 Å². The Bertz CT molecular complexity index is 1180. The Morgan fingerprint density at radius 1 is 1.24 bits per heavy atom. The highest BCUT2D eigenvalue weighted by molar-refractivity contribution is 7.87. The maximum Gasteiger partial charge on any atom is 0.327 e. The van der Waals surface area contributed by atoms with Crippen molar-refractivity contribution in [2.24, 2.45) is 5.14 Å². The normalized spacial score (nSPS) is 28.1. The summed E-state index contributed by atoms with van der Waals surface area (Å²) < 4.78 is 51.1. The number of ether oxygens (including phenoxy) is 4. The Balaban J connectivity index is 1.75. The number of anilines is 1. The number of nitrogen functional groups attached to an aromatic ring is 1. The van der Waals surface area contributed by atoms with Gasteiger partial charge in [-0.15, -0.1) is 0 Å². The average Bonchev–Trinajstić information content (AvgIpc) is 3.29. The van der Waals surface area contributed by atoms with Crippen molar-refractivity contribution in [3.8, 4) is 0 Å². The van der Waals surface area contributed by atoms with Gasteiger partial charge >= 0.3 is 5.97 Å². The molecule has 0 amide bonds. The number of imidazole rings is 1. The van der Waals surface area contributed by atoms with Gasteiger partial charge in [0.1, 0.15) is 41.8 Å². The molecule has 4 heterocycles. The number of esters is 1. The monoisotopic (exact) mass is 485 g/mol. The molecule has 0 spiro atoms. The highest BCUT2D eigenvalue weighted by Gasteiger charge is 2.60. The van der Waals surface area contributed by atoms with Crippen LogP contribution in [-0.2, 0) is 34.0 Å². The molecule has 182 valence electrons. The second-order valence-corrected chi connectivity index (χ2v) is 10.6. The number of nitrogens with two attached hydrogens (primary N) is 2. The van der Waals surface area contributed by atoms with Gasteiger partial charge < -0.3 is 24.7 Å². The van der Waals surface area contributed by atoms with E-state index in [4.69, 9.17) is 29.8 Å². The number of nitrogens with zero attached hydrogens (tertiary/aromatic N) is 4. The zero-order chi connectivity index (χ0) is 24.3. The van der Waals surface area contributed by atoms with Gasteiger partial charge in [-0.05, 0) is 34.6 Å². The van der Waals surface area contributed by atoms with Crippen LogP contribution >= 0.6 is 0 Å². The summed E-state index contributed by atoms with van der Waals surface area (Å²) in [5.74, 6) is -1.74. The lowest BCUT2D eigenvalue weighted by Gasteiger charge is -2.30. The molecular formula is C18H27N7O7S. The van der Waals surface area contributed by atoms with Gasteiger partial charge in [0.25, 0.3) is 10.2 Å². The number of rotatable bonds is 5. The molecule has 4 rings (SSSR count). The zero-order valence-corrected chi connectivity index (χ0v) is 19.6. The van der Waals surface area contributed by atoms with E-state index in [1.165, 1.54) is 12.7 Å². The van der Waals surface area contributed by atoms with Crippen LogP contribution < -0.4 is 15.6 Å². The van der Waals surface area contributed by atoms with E-state index < -0.39 is 58.1 Å². The quantitative estimate of drug-likeness (QED) is 0.454. The van der Waals surface area contributed by atoms with Gasteiger partial charge in [0.15, 0.2) is 23.5 Å². The molecule has 2 fully saturated rings. The van der Waals surface area contributed by atoms with Crippen molar-refractivity contribution < 1.29 is 32.2 Å². The van der Waals surface area contributed by atoms with Crippen LogP contribution in [0.1, 0.15) is 40.8 Å². The van der Waals surface area contributed by atoms with Crippen LogP contribution in [0.25, 0.3) is 11.2 Å². The second-order valence-electron chi connectivity index (χ2n) is 9.31. The topological polar surface area (TPSA) is 196 Å². The third-order valence-electron chi connectivity index (χ3n) is 5.01. The first-order chi connectivity index (χ1) is 15.2. The van der Waals surface area contributed by atoms with Crippen molar-refractivity contribution in [1.29, 1.82) is 0 Å². The fourth-order valence-electron chi connectivity index (χ4n) is 3.95. The number of carbonyl (C=O) groups is 1. The van der Waals surface area contributed by atoms with Crippen LogP contribution in [0.5, 0.6) is 0 Å². The highest BCUT2D eigenvalue weighted by Crippen LogP contribution is 2.45. The lowest BCUT2D eigenvalue weighted by molar-refractivity contribution is -0.202. The van der Waals surface area contributed by atoms with Gasteiger partial charge in [-0.2, -0.15) is 13.1 Å². The van der Waals surface area contributed by atoms with Crippen LogP contribution in [0, 0.1) is 0 Å². The van der Waals surface area contributed by atoms with Crippen molar-refractivity contribution in [2.75, 3.05) is 5.73 Å². The maximum atomic E-state index is 13.0. The fraction of sp³-hybridized carbons (Fsp3) is 0.667. The van der Waals surface area contributed by atoms with Gasteiger partial charge in [0.2, 0.25) is 0 Å². The van der Waals surface area contributed by atoms with Crippen molar-refractivity contribution in [3.05, 3.63) is 12.7 Å². The van der Waals surface area contributed by atoms with Crippen molar-refractivity contribution in [3.63, 3.8) is 0 Å². The average molecular weight is 486 g/mol. The third kappa shape index (κ3) is 4.78. The summed E-state index contributed by atoms with van der Waals surface area (Å²) in [5, 5.41) is 5.20. The van der Waals surface area contributed by atoms with Crippen LogP contribution in [0.4, 0.5) is 5.82 Å². The van der Waals surface area contributed by atoms with Crippen LogP contribution in [0.15, 0.2) is 12.7 Å². The van der Waals surface area contributed by atoms with E-state index in [9.17, 15) is 13.2 Å². The molecule has 2 aromatic heterocycles. The standard InChI is InChI=1S/C18H27N7O7S/c1-17(2,3)32-16(26)8(24-33(20,27)28)10-11-12(31-18(4,5)30-11)15(29-10)25-7-23-9-13(19)21-6-22-14(9)25/h6-8,10-12,15,24H,1-5H3,(H2,19,21,22)(H2,20,27,28)/t8?,10-,11-,12-,15-/m1/s1. The number of carbonyl (C=O) groups excluding carboxylic acids is 1. The molecule has 14 nitrogen and oxygen atoms in total. The smallest absolute Gasteiger partial charge is 0.327 e. The van der Waals surface area contributed by atoms with Gasteiger partial charge in [-0.25, -0.2) is 20.1 Å². The third-order valence-corrected chi connectivity index (χ3v) is 5.59. The Labute approximate surface area is 190 Å². The van der Waals surface area contributed by atoms with E-state index in [1.807, 2.05) is 0 Å². The predicted octanol–water partition coefficient (Wildman–Crippen LogP) is -0.671. The molecule has 5 atom stereocenters. The highest BCUT2D eigenvalue weighted by atomic mass is 32.2. The first-order valence-corrected chi connectivity index (χ1v) is 11.7. The lowest BCUT2D eigenvalue weighted by Crippen LogP contribution is -2.56. The Morgan fingerprint density at radius 2 is 1.91 bits per heavy atom. The molecule has 2 saturated heterocycles. The van der Waals surface area contributed by atoms with Gasteiger partial charge in [-0.1, -0.05) is 0 Å². The molecule has 0 aromatic carbocycles. The van der Waals surface area contributed by atoms with Crippen molar-refractivity contribution >= 4 is 33.2 Å². The minimum atomic E-state index is -4.31. The molecule has 33 heavy (non-hydrogen) atoms. The Kier molecular flexibility index (Phi) is 5.62. The molecule has 1 unspecified atom stereocenters. The summed E-state index contributed by atoms with van der Waals surface area (Å²) >= 11 is 0. The number of fused-ring (bicyclic) bond motifs is 2. The molecule has 0 aliphatic carbocycles. The summed E-state index contributed by atoms with van der Waals surface area (Å²) in [6.07, 6.45) is -0.898. The molecule has 15 heteroatoms. The minimum absolute atomic E-state index is 0.177. The van der Waals surface area contributed by atoms with E-state index in [0.29, 0.717) is 11.2 Å². The number of nitrogens with one attached hydrogen (secondary N) is 1. The predicted molar refractivity (Wildman–Crippen MR) is 113 cm³/mol. The molecule has 2 aromatic rings. The minimum Gasteiger partial charge on any atom is -0.459 e. The lowest BCUT2D eigenvalue weighted by atomic mass is 10.0. The Hall–Kier alpha value is -2.43. The number of aromatic nitrogens is 4. The molecule has 5 N–H and O–H groups in total. The summed E-state index contributed by atoms with van der Waals surface area (Å²) in [6, 6.07) is -1.51. The first-order valence-electron chi connectivity index (χ1n) is 10.1. The van der Waals surface area contributed by atoms with Gasteiger partial charge in [0.05, 0.1) is 6.33 Å². The molecular weight excluding hydrogens is 458 g/mol. The maximum absolute atomic E-state index is 13.0. The summed E-state index contributed by atoms with van der Waals surface area (Å²) in [6.45, 7) is 8.35. The summed E-state index contributed by atoms with van der Waals surface area (Å²) in [5.41, 5.74) is 5.71.